The highest BCUT2D eigenvalue weighted by Crippen LogP contribution is 2.27. The maximum Gasteiger partial charge on any atom is 0.192 e. The Balaban J connectivity index is 2.12. The Bertz CT molecular complexity index is 816. The first kappa shape index (κ1) is 15.8. The molecule has 1 aliphatic carbocycles. The molecule has 0 radical (unpaired) electrons. The molecule has 0 amide bonds. The van der Waals surface area contributed by atoms with Gasteiger partial charge in [-0.15, -0.1) is 0 Å². The molecule has 0 unspecified atom stereocenters. The number of nitrogens with zero attached hydrogens (tertiary/aromatic N) is 1. The van der Waals surface area contributed by atoms with Gasteiger partial charge in [-0.3, -0.25) is 4.79 Å². The third kappa shape index (κ3) is 3.03. The van der Waals surface area contributed by atoms with Crippen LogP contribution < -0.4 is 10.7 Å². The van der Waals surface area contributed by atoms with Gasteiger partial charge in [-0.2, -0.15) is 0 Å². The van der Waals surface area contributed by atoms with Crippen molar-refractivity contribution in [1.29, 1.82) is 0 Å². The average molecular weight is 314 g/mol. The van der Waals surface area contributed by atoms with Crippen LogP contribution in [0.1, 0.15) is 44.6 Å². The van der Waals surface area contributed by atoms with E-state index in [1.54, 1.807) is 19.2 Å². The van der Waals surface area contributed by atoms with Gasteiger partial charge >= 0.3 is 0 Å². The first-order valence-corrected chi connectivity index (χ1v) is 8.25. The van der Waals surface area contributed by atoms with E-state index in [9.17, 15) is 9.18 Å². The van der Waals surface area contributed by atoms with Gasteiger partial charge in [0.05, 0.1) is 11.2 Å². The predicted molar refractivity (Wildman–Crippen MR) is 94.4 cm³/mol. The maximum atomic E-state index is 14.5. The van der Waals surface area contributed by atoms with Crippen molar-refractivity contribution in [3.8, 4) is 0 Å². The molecule has 1 aromatic carbocycles. The second-order valence-corrected chi connectivity index (χ2v) is 6.57. The first-order chi connectivity index (χ1) is 11.0. The van der Waals surface area contributed by atoms with Gasteiger partial charge < -0.3 is 9.88 Å². The predicted octanol–water partition coefficient (Wildman–Crippen LogP) is 4.68. The molecule has 1 aromatic heterocycles. The number of pyridine rings is 1. The lowest BCUT2D eigenvalue weighted by Crippen LogP contribution is -2.23. The van der Waals surface area contributed by atoms with Gasteiger partial charge in [0.25, 0.3) is 0 Å². The zero-order valence-electron chi connectivity index (χ0n) is 13.8. The highest BCUT2D eigenvalue weighted by Gasteiger charge is 2.17. The van der Waals surface area contributed by atoms with Gasteiger partial charge in [0.1, 0.15) is 5.82 Å². The fourth-order valence-corrected chi connectivity index (χ4v) is 3.37. The van der Waals surface area contributed by atoms with E-state index in [1.165, 1.54) is 25.3 Å². The molecule has 122 valence electrons. The van der Waals surface area contributed by atoms with Crippen molar-refractivity contribution in [2.24, 2.45) is 0 Å². The van der Waals surface area contributed by atoms with E-state index < -0.39 is 0 Å². The highest BCUT2D eigenvalue weighted by molar-refractivity contribution is 5.85. The summed E-state index contributed by atoms with van der Waals surface area (Å²) in [6.45, 7) is 7.58. The van der Waals surface area contributed by atoms with Crippen LogP contribution >= 0.6 is 0 Å². The molecule has 1 N–H and O–H groups in total. The summed E-state index contributed by atoms with van der Waals surface area (Å²) in [5, 5.41) is 3.72. The Labute approximate surface area is 135 Å². The summed E-state index contributed by atoms with van der Waals surface area (Å²) in [4.78, 5) is 12.3. The van der Waals surface area contributed by atoms with Gasteiger partial charge in [0, 0.05) is 28.9 Å². The van der Waals surface area contributed by atoms with E-state index in [0.29, 0.717) is 28.2 Å². The van der Waals surface area contributed by atoms with Crippen molar-refractivity contribution in [3.63, 3.8) is 0 Å². The van der Waals surface area contributed by atoms with Crippen LogP contribution in [0.4, 0.5) is 10.1 Å². The summed E-state index contributed by atoms with van der Waals surface area (Å²) in [5.41, 5.74) is 2.44. The number of allylic oxidation sites excluding steroid dienone is 1. The van der Waals surface area contributed by atoms with Crippen LogP contribution in [-0.2, 0) is 0 Å². The molecule has 1 fully saturated rings. The lowest BCUT2D eigenvalue weighted by molar-refractivity contribution is 0.460. The van der Waals surface area contributed by atoms with E-state index >= 15 is 0 Å². The molecule has 0 aliphatic heterocycles. The minimum Gasteiger partial charge on any atom is -0.380 e. The molecule has 0 saturated heterocycles. The van der Waals surface area contributed by atoms with Crippen LogP contribution in [0.15, 0.2) is 29.7 Å². The summed E-state index contributed by atoms with van der Waals surface area (Å²) in [6, 6.07) is 3.41. The molecule has 1 heterocycles. The van der Waals surface area contributed by atoms with E-state index in [2.05, 4.69) is 11.9 Å². The van der Waals surface area contributed by atoms with Crippen molar-refractivity contribution in [2.75, 3.05) is 5.32 Å². The van der Waals surface area contributed by atoms with E-state index in [1.807, 2.05) is 11.5 Å². The highest BCUT2D eigenvalue weighted by atomic mass is 19.1. The molecule has 0 atom stereocenters. The Morgan fingerprint density at radius 3 is 2.65 bits per heavy atom. The summed E-state index contributed by atoms with van der Waals surface area (Å²) in [6.07, 6.45) is 7.53. The Morgan fingerprint density at radius 1 is 1.30 bits per heavy atom. The standard InChI is InChI=1S/C19H23FN2O/c1-12(2)22-11-13(3)19(23)15-9-16(20)17(10-18(15)22)21-14-7-5-4-6-8-14/h9-11,14,21H,1,4-8H2,2-3H3. The molecule has 4 heteroatoms. The molecule has 0 spiro atoms. The maximum absolute atomic E-state index is 14.5. The Kier molecular flexibility index (Phi) is 4.24. The first-order valence-electron chi connectivity index (χ1n) is 8.25. The molecule has 0 bridgehead atoms. The third-order valence-corrected chi connectivity index (χ3v) is 4.65. The second kappa shape index (κ2) is 6.19. The number of fused-ring (bicyclic) bond motifs is 1. The topological polar surface area (TPSA) is 34.0 Å². The van der Waals surface area contributed by atoms with Gasteiger partial charge in [-0.25, -0.2) is 4.39 Å². The minimum absolute atomic E-state index is 0.124. The van der Waals surface area contributed by atoms with Gasteiger partial charge in [0.2, 0.25) is 0 Å². The van der Waals surface area contributed by atoms with Gasteiger partial charge in [-0.1, -0.05) is 25.8 Å². The Morgan fingerprint density at radius 2 is 2.00 bits per heavy atom. The van der Waals surface area contributed by atoms with Crippen molar-refractivity contribution >= 4 is 22.3 Å². The zero-order chi connectivity index (χ0) is 16.6. The van der Waals surface area contributed by atoms with Crippen LogP contribution in [0.2, 0.25) is 0 Å². The normalized spacial score (nSPS) is 15.8. The molecule has 1 saturated carbocycles. The number of hydrogen-bond acceptors (Lipinski definition) is 2. The van der Waals surface area contributed by atoms with Gasteiger partial charge in [-0.05, 0) is 38.8 Å². The van der Waals surface area contributed by atoms with Crippen LogP contribution in [-0.4, -0.2) is 10.6 Å². The summed E-state index contributed by atoms with van der Waals surface area (Å²) in [7, 11) is 0. The van der Waals surface area contributed by atoms with Gasteiger partial charge in [0.15, 0.2) is 5.43 Å². The second-order valence-electron chi connectivity index (χ2n) is 6.57. The van der Waals surface area contributed by atoms with Crippen molar-refractivity contribution in [3.05, 3.63) is 46.5 Å². The smallest absolute Gasteiger partial charge is 0.192 e. The lowest BCUT2D eigenvalue weighted by Gasteiger charge is -2.24. The summed E-state index contributed by atoms with van der Waals surface area (Å²) < 4.78 is 16.3. The third-order valence-electron chi connectivity index (χ3n) is 4.65. The van der Waals surface area contributed by atoms with Crippen LogP contribution in [0.25, 0.3) is 16.6 Å². The SMILES string of the molecule is C=C(C)n1cc(C)c(=O)c2cc(F)c(NC3CCCCC3)cc21. The summed E-state index contributed by atoms with van der Waals surface area (Å²) >= 11 is 0. The van der Waals surface area contributed by atoms with E-state index in [4.69, 9.17) is 0 Å². The number of hydrogen-bond donors (Lipinski definition) is 1. The van der Waals surface area contributed by atoms with Crippen LogP contribution in [0.5, 0.6) is 0 Å². The van der Waals surface area contributed by atoms with Crippen LogP contribution in [0.3, 0.4) is 0 Å². The quantitative estimate of drug-likeness (QED) is 0.892. The fourth-order valence-electron chi connectivity index (χ4n) is 3.37. The number of aromatic nitrogens is 1. The van der Waals surface area contributed by atoms with Crippen molar-refractivity contribution in [2.45, 2.75) is 52.0 Å². The zero-order valence-corrected chi connectivity index (χ0v) is 13.8. The molecular formula is C19H23FN2O. The monoisotopic (exact) mass is 314 g/mol. The number of anilines is 1. The van der Waals surface area contributed by atoms with E-state index in [-0.39, 0.29) is 11.2 Å². The minimum atomic E-state index is -0.362. The average Bonchev–Trinajstić information content (AvgIpc) is 2.53. The fraction of sp³-hybridized carbons (Fsp3) is 0.421. The number of nitrogens with one attached hydrogen (secondary N) is 1. The van der Waals surface area contributed by atoms with Crippen LogP contribution in [0, 0.1) is 12.7 Å². The molecule has 23 heavy (non-hydrogen) atoms. The lowest BCUT2D eigenvalue weighted by atomic mass is 9.95. The molecule has 1 aliphatic rings. The number of rotatable bonds is 3. The Hall–Kier alpha value is -2.10. The van der Waals surface area contributed by atoms with Crippen molar-refractivity contribution < 1.29 is 4.39 Å². The molecular weight excluding hydrogens is 291 g/mol. The van der Waals surface area contributed by atoms with Crippen molar-refractivity contribution in [1.82, 2.24) is 4.57 Å². The molecule has 3 rings (SSSR count). The molecule has 2 aromatic rings. The molecule has 3 nitrogen and oxygen atoms in total. The largest absolute Gasteiger partial charge is 0.380 e. The number of aryl methyl sites for hydroxylation is 1. The number of benzene rings is 1. The van der Waals surface area contributed by atoms with E-state index in [0.717, 1.165) is 18.5 Å². The number of halogens is 1. The summed E-state index contributed by atoms with van der Waals surface area (Å²) in [5.74, 6) is -0.362.